The largest absolute Gasteiger partial charge is 0.478 e. The second-order valence-corrected chi connectivity index (χ2v) is 4.40. The van der Waals surface area contributed by atoms with Gasteiger partial charge >= 0.3 is 5.97 Å². The molecule has 0 heterocycles. The maximum absolute atomic E-state index is 11.4. The summed E-state index contributed by atoms with van der Waals surface area (Å²) in [6.07, 6.45) is 0. The normalized spacial score (nSPS) is 10.2. The number of likely N-dealkylation sites (N-methyl/N-ethyl adjacent to an activating group) is 1. The summed E-state index contributed by atoms with van der Waals surface area (Å²) in [5, 5.41) is 8.78. The maximum atomic E-state index is 11.4. The third-order valence-corrected chi connectivity index (χ3v) is 2.44. The average Bonchev–Trinajstić information content (AvgIpc) is 2.36. The zero-order chi connectivity index (χ0) is 15.1. The number of amides is 2. The van der Waals surface area contributed by atoms with Gasteiger partial charge in [-0.2, -0.15) is 0 Å². The van der Waals surface area contributed by atoms with Gasteiger partial charge in [0, 0.05) is 13.5 Å². The van der Waals surface area contributed by atoms with E-state index in [-0.39, 0.29) is 23.9 Å². The van der Waals surface area contributed by atoms with E-state index < -0.39 is 5.97 Å². The fourth-order valence-corrected chi connectivity index (χ4v) is 1.56. The van der Waals surface area contributed by atoms with Gasteiger partial charge in [0.05, 0.1) is 12.1 Å². The molecule has 108 valence electrons. The third-order valence-electron chi connectivity index (χ3n) is 2.44. The van der Waals surface area contributed by atoms with Crippen molar-refractivity contribution in [2.75, 3.05) is 13.6 Å². The smallest absolute Gasteiger partial charge is 0.335 e. The van der Waals surface area contributed by atoms with Crippen LogP contribution in [-0.4, -0.2) is 41.4 Å². The van der Waals surface area contributed by atoms with Crippen molar-refractivity contribution in [1.29, 1.82) is 0 Å². The molecule has 1 aromatic carbocycles. The quantitative estimate of drug-likeness (QED) is 0.658. The second kappa shape index (κ2) is 7.25. The van der Waals surface area contributed by atoms with Gasteiger partial charge in [-0.25, -0.2) is 4.79 Å². The molecule has 7 nitrogen and oxygen atoms in total. The minimum absolute atomic E-state index is 0.112. The second-order valence-electron chi connectivity index (χ2n) is 4.40. The van der Waals surface area contributed by atoms with Crippen molar-refractivity contribution < 1.29 is 19.5 Å². The van der Waals surface area contributed by atoms with E-state index in [0.29, 0.717) is 6.54 Å². The number of nitrogens with one attached hydrogen (secondary N) is 2. The number of benzene rings is 1. The Labute approximate surface area is 116 Å². The summed E-state index contributed by atoms with van der Waals surface area (Å²) >= 11 is 0. The van der Waals surface area contributed by atoms with Crippen LogP contribution in [0.3, 0.4) is 0 Å². The summed E-state index contributed by atoms with van der Waals surface area (Å²) in [5.74, 6) is -1.64. The van der Waals surface area contributed by atoms with Crippen molar-refractivity contribution in [2.45, 2.75) is 13.5 Å². The summed E-state index contributed by atoms with van der Waals surface area (Å²) in [5.41, 5.74) is 5.58. The van der Waals surface area contributed by atoms with E-state index in [1.54, 1.807) is 24.1 Å². The molecule has 3 N–H and O–H groups in total. The number of aromatic carboxylic acids is 1. The molecule has 0 aliphatic rings. The van der Waals surface area contributed by atoms with Gasteiger partial charge in [-0.15, -0.1) is 0 Å². The highest BCUT2D eigenvalue weighted by Gasteiger charge is 2.08. The molecule has 0 fully saturated rings. The SMILES string of the molecule is CC(=O)NNC(=O)CN(C)Cc1ccc(C(=O)O)cc1. The molecule has 0 saturated heterocycles. The number of carboxylic acids is 1. The first-order valence-electron chi connectivity index (χ1n) is 5.94. The molecule has 0 aliphatic carbocycles. The Kier molecular flexibility index (Phi) is 5.67. The van der Waals surface area contributed by atoms with Crippen LogP contribution in [0.5, 0.6) is 0 Å². The molecule has 20 heavy (non-hydrogen) atoms. The van der Waals surface area contributed by atoms with E-state index in [1.165, 1.54) is 19.1 Å². The predicted octanol–water partition coefficient (Wildman–Crippen LogP) is -0.0161. The van der Waals surface area contributed by atoms with Crippen molar-refractivity contribution in [2.24, 2.45) is 0 Å². The van der Waals surface area contributed by atoms with Crippen molar-refractivity contribution in [3.8, 4) is 0 Å². The first-order valence-corrected chi connectivity index (χ1v) is 5.94. The molecule has 0 radical (unpaired) electrons. The van der Waals surface area contributed by atoms with Crippen molar-refractivity contribution in [3.05, 3.63) is 35.4 Å². The lowest BCUT2D eigenvalue weighted by molar-refractivity contribution is -0.128. The first-order chi connectivity index (χ1) is 9.38. The van der Waals surface area contributed by atoms with Crippen LogP contribution in [0, 0.1) is 0 Å². The van der Waals surface area contributed by atoms with E-state index in [4.69, 9.17) is 5.11 Å². The van der Waals surface area contributed by atoms with Gasteiger partial charge in [-0.3, -0.25) is 25.3 Å². The van der Waals surface area contributed by atoms with E-state index in [9.17, 15) is 14.4 Å². The fourth-order valence-electron chi connectivity index (χ4n) is 1.56. The van der Waals surface area contributed by atoms with Crippen molar-refractivity contribution in [3.63, 3.8) is 0 Å². The van der Waals surface area contributed by atoms with E-state index in [0.717, 1.165) is 5.56 Å². The van der Waals surface area contributed by atoms with Gasteiger partial charge in [-0.05, 0) is 24.7 Å². The van der Waals surface area contributed by atoms with Crippen molar-refractivity contribution >= 4 is 17.8 Å². The van der Waals surface area contributed by atoms with Gasteiger partial charge in [0.15, 0.2) is 0 Å². The molecule has 0 unspecified atom stereocenters. The van der Waals surface area contributed by atoms with Crippen LogP contribution in [0.15, 0.2) is 24.3 Å². The van der Waals surface area contributed by atoms with Crippen molar-refractivity contribution in [1.82, 2.24) is 15.8 Å². The number of hydrazine groups is 1. The Morgan fingerprint density at radius 3 is 2.25 bits per heavy atom. The number of carbonyl (C=O) groups is 3. The molecular formula is C13H17N3O4. The lowest BCUT2D eigenvalue weighted by Gasteiger charge is -2.16. The Hall–Kier alpha value is -2.41. The lowest BCUT2D eigenvalue weighted by atomic mass is 10.1. The standard InChI is InChI=1S/C13H17N3O4/c1-9(17)14-15-12(18)8-16(2)7-10-3-5-11(6-4-10)13(19)20/h3-6H,7-8H2,1-2H3,(H,14,17)(H,15,18)(H,19,20). The number of rotatable bonds is 5. The number of carbonyl (C=O) groups excluding carboxylic acids is 2. The minimum atomic E-state index is -0.973. The van der Waals surface area contributed by atoms with Crippen LogP contribution in [0.1, 0.15) is 22.8 Å². The monoisotopic (exact) mass is 279 g/mol. The highest BCUT2D eigenvalue weighted by Crippen LogP contribution is 2.06. The molecule has 0 aliphatic heterocycles. The van der Waals surface area contributed by atoms with Gasteiger partial charge in [0.2, 0.25) is 5.91 Å². The summed E-state index contributed by atoms with van der Waals surface area (Å²) in [6.45, 7) is 1.91. The fraction of sp³-hybridized carbons (Fsp3) is 0.308. The Morgan fingerprint density at radius 1 is 1.15 bits per heavy atom. The molecule has 0 spiro atoms. The molecular weight excluding hydrogens is 262 g/mol. The number of carboxylic acid groups (broad SMARTS) is 1. The minimum Gasteiger partial charge on any atom is -0.478 e. The van der Waals surface area contributed by atoms with Crippen LogP contribution in [-0.2, 0) is 16.1 Å². The number of hydrogen-bond acceptors (Lipinski definition) is 4. The van der Waals surface area contributed by atoms with E-state index >= 15 is 0 Å². The topological polar surface area (TPSA) is 98.7 Å². The van der Waals surface area contributed by atoms with E-state index in [2.05, 4.69) is 10.9 Å². The highest BCUT2D eigenvalue weighted by molar-refractivity contribution is 5.87. The maximum Gasteiger partial charge on any atom is 0.335 e. The Balaban J connectivity index is 2.45. The zero-order valence-electron chi connectivity index (χ0n) is 11.3. The van der Waals surface area contributed by atoms with Crippen LogP contribution < -0.4 is 10.9 Å². The van der Waals surface area contributed by atoms with Gasteiger partial charge in [-0.1, -0.05) is 12.1 Å². The lowest BCUT2D eigenvalue weighted by Crippen LogP contribution is -2.44. The van der Waals surface area contributed by atoms with Gasteiger partial charge in [0.1, 0.15) is 0 Å². The number of nitrogens with zero attached hydrogens (tertiary/aromatic N) is 1. The Morgan fingerprint density at radius 2 is 1.75 bits per heavy atom. The molecule has 7 heteroatoms. The third kappa shape index (κ3) is 5.49. The molecule has 2 amide bonds. The first kappa shape index (κ1) is 15.6. The molecule has 1 rings (SSSR count). The van der Waals surface area contributed by atoms with Crippen LogP contribution >= 0.6 is 0 Å². The van der Waals surface area contributed by atoms with Crippen LogP contribution in [0.2, 0.25) is 0 Å². The predicted molar refractivity (Wildman–Crippen MR) is 71.7 cm³/mol. The molecule has 0 bridgehead atoms. The number of hydrogen-bond donors (Lipinski definition) is 3. The highest BCUT2D eigenvalue weighted by atomic mass is 16.4. The van der Waals surface area contributed by atoms with Gasteiger partial charge < -0.3 is 5.11 Å². The van der Waals surface area contributed by atoms with Gasteiger partial charge in [0.25, 0.3) is 5.91 Å². The Bertz CT molecular complexity index is 499. The summed E-state index contributed by atoms with van der Waals surface area (Å²) in [7, 11) is 1.75. The summed E-state index contributed by atoms with van der Waals surface area (Å²) < 4.78 is 0. The summed E-state index contributed by atoms with van der Waals surface area (Å²) in [6, 6.07) is 6.43. The molecule has 0 saturated carbocycles. The zero-order valence-corrected chi connectivity index (χ0v) is 11.3. The molecule has 1 aromatic rings. The molecule has 0 atom stereocenters. The van der Waals surface area contributed by atoms with Crippen LogP contribution in [0.25, 0.3) is 0 Å². The van der Waals surface area contributed by atoms with E-state index in [1.807, 2.05) is 0 Å². The van der Waals surface area contributed by atoms with Crippen LogP contribution in [0.4, 0.5) is 0 Å². The average molecular weight is 279 g/mol. The molecule has 0 aromatic heterocycles. The summed E-state index contributed by atoms with van der Waals surface area (Å²) in [4.78, 5) is 34.5.